The molecule has 220 valence electrons. The van der Waals surface area contributed by atoms with Gasteiger partial charge < -0.3 is 10.2 Å². The van der Waals surface area contributed by atoms with Gasteiger partial charge in [0.15, 0.2) is 0 Å². The Balaban J connectivity index is 2.06. The zero-order chi connectivity index (χ0) is 30.2. The molecule has 0 aromatic heterocycles. The van der Waals surface area contributed by atoms with Gasteiger partial charge in [-0.15, -0.1) is 0 Å². The minimum atomic E-state index is -3.88. The summed E-state index contributed by atoms with van der Waals surface area (Å²) >= 11 is 0. The van der Waals surface area contributed by atoms with Crippen molar-refractivity contribution < 1.29 is 22.4 Å². The number of amides is 2. The van der Waals surface area contributed by atoms with Crippen molar-refractivity contribution in [2.24, 2.45) is 0 Å². The van der Waals surface area contributed by atoms with Crippen LogP contribution in [-0.2, 0) is 32.6 Å². The smallest absolute Gasteiger partial charge is 0.244 e. The van der Waals surface area contributed by atoms with Crippen LogP contribution >= 0.6 is 0 Å². The molecule has 3 aromatic carbocycles. The van der Waals surface area contributed by atoms with E-state index in [1.807, 2.05) is 70.2 Å². The maximum Gasteiger partial charge on any atom is 0.244 e. The van der Waals surface area contributed by atoms with Crippen LogP contribution in [0, 0.1) is 5.82 Å². The quantitative estimate of drug-likeness (QED) is 0.298. The molecule has 0 spiro atoms. The lowest BCUT2D eigenvalue weighted by Gasteiger charge is -2.34. The zero-order valence-corrected chi connectivity index (χ0v) is 25.2. The maximum atomic E-state index is 14.8. The van der Waals surface area contributed by atoms with E-state index in [0.29, 0.717) is 12.1 Å². The van der Waals surface area contributed by atoms with E-state index in [2.05, 4.69) is 5.32 Å². The summed E-state index contributed by atoms with van der Waals surface area (Å²) in [7, 11) is -3.88. The number of nitrogens with zero attached hydrogens (tertiary/aromatic N) is 2. The molecule has 0 heterocycles. The van der Waals surface area contributed by atoms with E-state index < -0.39 is 34.3 Å². The molecule has 0 radical (unpaired) electrons. The van der Waals surface area contributed by atoms with E-state index in [4.69, 9.17) is 0 Å². The van der Waals surface area contributed by atoms with E-state index >= 15 is 0 Å². The van der Waals surface area contributed by atoms with Gasteiger partial charge in [-0.3, -0.25) is 13.9 Å². The Bertz CT molecular complexity index is 1410. The van der Waals surface area contributed by atoms with Crippen molar-refractivity contribution in [3.8, 4) is 0 Å². The van der Waals surface area contributed by atoms with Crippen LogP contribution in [0.5, 0.6) is 0 Å². The average molecular weight is 582 g/mol. The van der Waals surface area contributed by atoms with Crippen molar-refractivity contribution in [1.29, 1.82) is 0 Å². The second-order valence-corrected chi connectivity index (χ2v) is 12.6. The number of sulfonamides is 1. The lowest BCUT2D eigenvalue weighted by Crippen LogP contribution is -2.54. The van der Waals surface area contributed by atoms with E-state index in [9.17, 15) is 22.4 Å². The van der Waals surface area contributed by atoms with Crippen molar-refractivity contribution in [3.63, 3.8) is 0 Å². The number of rotatable bonds is 13. The number of halogens is 1. The third kappa shape index (κ3) is 8.88. The molecular weight excluding hydrogens is 541 g/mol. The lowest BCUT2D eigenvalue weighted by atomic mass is 10.0. The highest BCUT2D eigenvalue weighted by Gasteiger charge is 2.33. The van der Waals surface area contributed by atoms with Gasteiger partial charge in [-0.05, 0) is 48.6 Å². The predicted octanol–water partition coefficient (Wildman–Crippen LogP) is 5.27. The molecule has 0 saturated carbocycles. The summed E-state index contributed by atoms with van der Waals surface area (Å²) in [5, 5.41) is 2.96. The number of nitrogens with one attached hydrogen (secondary N) is 1. The summed E-state index contributed by atoms with van der Waals surface area (Å²) in [5.41, 5.74) is 2.40. The van der Waals surface area contributed by atoms with Gasteiger partial charge in [0.2, 0.25) is 21.8 Å². The normalized spacial score (nSPS) is 13.0. The van der Waals surface area contributed by atoms with Crippen molar-refractivity contribution in [2.75, 3.05) is 17.1 Å². The molecule has 0 aliphatic heterocycles. The number of carbonyl (C=O) groups excluding carboxylic acids is 2. The van der Waals surface area contributed by atoms with E-state index in [-0.39, 0.29) is 36.4 Å². The monoisotopic (exact) mass is 581 g/mol. The number of benzene rings is 3. The fourth-order valence-electron chi connectivity index (χ4n) is 4.44. The summed E-state index contributed by atoms with van der Waals surface area (Å²) < 4.78 is 41.7. The summed E-state index contributed by atoms with van der Waals surface area (Å²) in [6, 6.07) is 21.1. The highest BCUT2D eigenvalue weighted by atomic mass is 32.2. The van der Waals surface area contributed by atoms with Crippen LogP contribution in [0.15, 0.2) is 78.9 Å². The van der Waals surface area contributed by atoms with Crippen LogP contribution in [0.25, 0.3) is 0 Å². The molecule has 7 nitrogen and oxygen atoms in total. The first-order chi connectivity index (χ1) is 19.4. The molecule has 0 fully saturated rings. The van der Waals surface area contributed by atoms with Crippen LogP contribution in [-0.4, -0.2) is 50.0 Å². The van der Waals surface area contributed by atoms with Crippen LogP contribution < -0.4 is 9.62 Å². The Kier molecular flexibility index (Phi) is 11.1. The summed E-state index contributed by atoms with van der Waals surface area (Å²) in [6.07, 6.45) is 1.89. The van der Waals surface area contributed by atoms with Gasteiger partial charge in [-0.1, -0.05) is 81.4 Å². The fraction of sp³-hybridized carbons (Fsp3) is 0.375. The molecule has 3 aromatic rings. The summed E-state index contributed by atoms with van der Waals surface area (Å²) in [4.78, 5) is 29.0. The second-order valence-electron chi connectivity index (χ2n) is 10.7. The molecule has 1 N–H and O–H groups in total. The van der Waals surface area contributed by atoms with Crippen LogP contribution in [0.3, 0.4) is 0 Å². The first kappa shape index (κ1) is 31.8. The van der Waals surface area contributed by atoms with Crippen LogP contribution in [0.2, 0.25) is 0 Å². The number of hydrogen-bond acceptors (Lipinski definition) is 4. The van der Waals surface area contributed by atoms with Crippen molar-refractivity contribution in [2.45, 2.75) is 65.1 Å². The standard InChI is InChI=1S/C32H40FN3O4S/c1-6-24(4)34-32(38)30(20-25-12-8-7-9-13-25)35(21-27-14-10-11-15-29(27)33)31(37)22-36(41(5,39)40)28-18-16-26(17-19-28)23(2)3/h7-19,23-24,30H,6,20-22H2,1-5H3,(H,34,38)/t24-,30-/m1/s1. The Morgan fingerprint density at radius 1 is 0.902 bits per heavy atom. The van der Waals surface area contributed by atoms with E-state index in [1.54, 1.807) is 30.3 Å². The molecule has 41 heavy (non-hydrogen) atoms. The Morgan fingerprint density at radius 2 is 1.51 bits per heavy atom. The molecule has 0 saturated heterocycles. The first-order valence-corrected chi connectivity index (χ1v) is 15.7. The van der Waals surface area contributed by atoms with Gasteiger partial charge in [-0.2, -0.15) is 0 Å². The molecule has 2 amide bonds. The summed E-state index contributed by atoms with van der Waals surface area (Å²) in [6.45, 7) is 7.12. The Hall–Kier alpha value is -3.72. The molecule has 2 atom stereocenters. The van der Waals surface area contributed by atoms with E-state index in [1.165, 1.54) is 11.0 Å². The minimum absolute atomic E-state index is 0.154. The molecule has 0 aliphatic carbocycles. The van der Waals surface area contributed by atoms with Gasteiger partial charge in [0.25, 0.3) is 0 Å². The van der Waals surface area contributed by atoms with Gasteiger partial charge in [0, 0.05) is 24.6 Å². The number of hydrogen-bond donors (Lipinski definition) is 1. The van der Waals surface area contributed by atoms with Crippen molar-refractivity contribution >= 4 is 27.5 Å². The molecule has 0 bridgehead atoms. The van der Waals surface area contributed by atoms with Gasteiger partial charge >= 0.3 is 0 Å². The molecule has 9 heteroatoms. The Morgan fingerprint density at radius 3 is 2.07 bits per heavy atom. The summed E-state index contributed by atoms with van der Waals surface area (Å²) in [5.74, 6) is -1.28. The molecule has 3 rings (SSSR count). The van der Waals surface area contributed by atoms with Gasteiger partial charge in [0.05, 0.1) is 11.9 Å². The largest absolute Gasteiger partial charge is 0.352 e. The lowest BCUT2D eigenvalue weighted by molar-refractivity contribution is -0.140. The predicted molar refractivity (Wildman–Crippen MR) is 162 cm³/mol. The van der Waals surface area contributed by atoms with Gasteiger partial charge in [0.1, 0.15) is 18.4 Å². The SMILES string of the molecule is CC[C@@H](C)NC(=O)[C@@H](Cc1ccccc1)N(Cc1ccccc1F)C(=O)CN(c1ccc(C(C)C)cc1)S(C)(=O)=O. The van der Waals surface area contributed by atoms with Crippen LogP contribution in [0.1, 0.15) is 56.7 Å². The maximum absolute atomic E-state index is 14.8. The van der Waals surface area contributed by atoms with Crippen molar-refractivity contribution in [1.82, 2.24) is 10.2 Å². The van der Waals surface area contributed by atoms with Crippen molar-refractivity contribution in [3.05, 3.63) is 101 Å². The third-order valence-electron chi connectivity index (χ3n) is 7.10. The zero-order valence-electron chi connectivity index (χ0n) is 24.4. The number of carbonyl (C=O) groups is 2. The number of anilines is 1. The van der Waals surface area contributed by atoms with Gasteiger partial charge in [-0.25, -0.2) is 12.8 Å². The Labute approximate surface area is 243 Å². The fourth-order valence-corrected chi connectivity index (χ4v) is 5.29. The topological polar surface area (TPSA) is 86.8 Å². The second kappa shape index (κ2) is 14.3. The van der Waals surface area contributed by atoms with E-state index in [0.717, 1.165) is 21.7 Å². The van der Waals surface area contributed by atoms with Crippen LogP contribution in [0.4, 0.5) is 10.1 Å². The highest BCUT2D eigenvalue weighted by Crippen LogP contribution is 2.24. The molecular formula is C32H40FN3O4S. The molecule has 0 unspecified atom stereocenters. The first-order valence-electron chi connectivity index (χ1n) is 13.9. The highest BCUT2D eigenvalue weighted by molar-refractivity contribution is 7.92. The minimum Gasteiger partial charge on any atom is -0.352 e. The molecule has 0 aliphatic rings. The average Bonchev–Trinajstić information content (AvgIpc) is 2.94. The third-order valence-corrected chi connectivity index (χ3v) is 8.24.